The zero-order valence-corrected chi connectivity index (χ0v) is 12.7. The van der Waals surface area contributed by atoms with Gasteiger partial charge in [0.25, 0.3) is 5.91 Å². The first-order valence-electron chi connectivity index (χ1n) is 6.94. The van der Waals surface area contributed by atoms with Gasteiger partial charge in [-0.1, -0.05) is 18.5 Å². The van der Waals surface area contributed by atoms with Gasteiger partial charge in [0.05, 0.1) is 6.10 Å². The first-order valence-corrected chi connectivity index (χ1v) is 7.32. The van der Waals surface area contributed by atoms with Gasteiger partial charge in [-0.2, -0.15) is 0 Å². The van der Waals surface area contributed by atoms with Gasteiger partial charge in [0, 0.05) is 43.3 Å². The van der Waals surface area contributed by atoms with Crippen molar-refractivity contribution in [2.24, 2.45) is 0 Å². The number of amides is 1. The van der Waals surface area contributed by atoms with Crippen LogP contribution < -0.4 is 0 Å². The summed E-state index contributed by atoms with van der Waals surface area (Å²) in [6.07, 6.45) is 0.687. The van der Waals surface area contributed by atoms with E-state index >= 15 is 0 Å². The standard InChI is InChI=1S/C15H21ClN2O2/c1-3-13(8-18-9-14(19)10-18)17(2)15(20)11-4-6-12(16)7-5-11/h4-7,13-14,19H,3,8-10H2,1-2H3/t13-/m0/s1. The van der Waals surface area contributed by atoms with Crippen molar-refractivity contribution in [1.29, 1.82) is 0 Å². The first kappa shape index (κ1) is 15.3. The molecule has 1 aromatic rings. The fourth-order valence-electron chi connectivity index (χ4n) is 2.48. The van der Waals surface area contributed by atoms with Gasteiger partial charge in [-0.15, -0.1) is 0 Å². The number of hydrogen-bond acceptors (Lipinski definition) is 3. The Bertz CT molecular complexity index is 457. The molecule has 0 aromatic heterocycles. The highest BCUT2D eigenvalue weighted by atomic mass is 35.5. The molecule has 1 N–H and O–H groups in total. The number of nitrogens with zero attached hydrogens (tertiary/aromatic N) is 2. The van der Waals surface area contributed by atoms with Crippen LogP contribution in [0.15, 0.2) is 24.3 Å². The first-order chi connectivity index (χ1) is 9.51. The van der Waals surface area contributed by atoms with E-state index in [9.17, 15) is 9.90 Å². The number of halogens is 1. The summed E-state index contributed by atoms with van der Waals surface area (Å²) < 4.78 is 0. The van der Waals surface area contributed by atoms with Crippen LogP contribution in [0.3, 0.4) is 0 Å². The summed E-state index contributed by atoms with van der Waals surface area (Å²) in [5.41, 5.74) is 0.652. The van der Waals surface area contributed by atoms with Crippen molar-refractivity contribution in [3.8, 4) is 0 Å². The van der Waals surface area contributed by atoms with Crippen LogP contribution in [-0.2, 0) is 0 Å². The number of benzene rings is 1. The average Bonchev–Trinajstić information content (AvgIpc) is 2.41. The minimum Gasteiger partial charge on any atom is -0.390 e. The van der Waals surface area contributed by atoms with Crippen molar-refractivity contribution in [2.45, 2.75) is 25.5 Å². The van der Waals surface area contributed by atoms with Gasteiger partial charge in [-0.25, -0.2) is 0 Å². The maximum Gasteiger partial charge on any atom is 0.253 e. The average molecular weight is 297 g/mol. The van der Waals surface area contributed by atoms with Crippen LogP contribution in [0.1, 0.15) is 23.7 Å². The van der Waals surface area contributed by atoms with E-state index in [-0.39, 0.29) is 18.1 Å². The molecular formula is C15H21ClN2O2. The molecule has 5 heteroatoms. The van der Waals surface area contributed by atoms with Crippen molar-refractivity contribution in [2.75, 3.05) is 26.7 Å². The molecule has 0 saturated carbocycles. The summed E-state index contributed by atoms with van der Waals surface area (Å²) in [6.45, 7) is 4.30. The summed E-state index contributed by atoms with van der Waals surface area (Å²) in [5.74, 6) is 0.00888. The molecule has 0 aliphatic carbocycles. The zero-order valence-electron chi connectivity index (χ0n) is 11.9. The number of hydrogen-bond donors (Lipinski definition) is 1. The molecule has 1 aromatic carbocycles. The maximum absolute atomic E-state index is 12.4. The Morgan fingerprint density at radius 3 is 2.55 bits per heavy atom. The highest BCUT2D eigenvalue weighted by molar-refractivity contribution is 6.30. The molecule has 1 heterocycles. The van der Waals surface area contributed by atoms with Crippen LogP contribution in [-0.4, -0.2) is 59.6 Å². The molecule has 0 radical (unpaired) electrons. The minimum atomic E-state index is -0.204. The summed E-state index contributed by atoms with van der Waals surface area (Å²) >= 11 is 5.84. The van der Waals surface area contributed by atoms with Gasteiger partial charge in [-0.3, -0.25) is 9.69 Å². The third-order valence-corrected chi connectivity index (χ3v) is 4.09. The second kappa shape index (κ2) is 6.57. The number of rotatable bonds is 5. The van der Waals surface area contributed by atoms with Crippen molar-refractivity contribution in [1.82, 2.24) is 9.80 Å². The van der Waals surface area contributed by atoms with E-state index < -0.39 is 0 Å². The van der Waals surface area contributed by atoms with Crippen LogP contribution in [0, 0.1) is 0 Å². The van der Waals surface area contributed by atoms with Crippen molar-refractivity contribution >= 4 is 17.5 Å². The number of carbonyl (C=O) groups excluding carboxylic acids is 1. The van der Waals surface area contributed by atoms with Gasteiger partial charge >= 0.3 is 0 Å². The minimum absolute atomic E-state index is 0.00888. The second-order valence-electron chi connectivity index (χ2n) is 5.36. The van der Waals surface area contributed by atoms with E-state index in [1.54, 1.807) is 29.2 Å². The monoisotopic (exact) mass is 296 g/mol. The SMILES string of the molecule is CC[C@@H](CN1CC(O)C1)N(C)C(=O)c1ccc(Cl)cc1. The van der Waals surface area contributed by atoms with Crippen LogP contribution in [0.25, 0.3) is 0 Å². The van der Waals surface area contributed by atoms with E-state index in [0.29, 0.717) is 23.7 Å². The van der Waals surface area contributed by atoms with Gasteiger partial charge < -0.3 is 10.0 Å². The largest absolute Gasteiger partial charge is 0.390 e. The Morgan fingerprint density at radius 1 is 1.45 bits per heavy atom. The molecule has 1 aliphatic heterocycles. The molecule has 20 heavy (non-hydrogen) atoms. The second-order valence-corrected chi connectivity index (χ2v) is 5.79. The Kier molecular flexibility index (Phi) is 5.02. The van der Waals surface area contributed by atoms with E-state index in [4.69, 9.17) is 11.6 Å². The van der Waals surface area contributed by atoms with E-state index in [0.717, 1.165) is 13.0 Å². The Hall–Kier alpha value is -1.10. The van der Waals surface area contributed by atoms with E-state index in [1.165, 1.54) is 0 Å². The highest BCUT2D eigenvalue weighted by Gasteiger charge is 2.29. The Morgan fingerprint density at radius 2 is 2.05 bits per heavy atom. The lowest BCUT2D eigenvalue weighted by molar-refractivity contribution is -0.0108. The smallest absolute Gasteiger partial charge is 0.253 e. The molecule has 1 atom stereocenters. The number of likely N-dealkylation sites (N-methyl/N-ethyl adjacent to an activating group) is 1. The number of aliphatic hydroxyl groups is 1. The summed E-state index contributed by atoms with van der Waals surface area (Å²) in [6, 6.07) is 7.12. The fraction of sp³-hybridized carbons (Fsp3) is 0.533. The van der Waals surface area contributed by atoms with Gasteiger partial charge in [0.15, 0.2) is 0 Å². The molecule has 0 bridgehead atoms. The van der Waals surface area contributed by atoms with E-state index in [2.05, 4.69) is 11.8 Å². The Labute approximate surface area is 124 Å². The molecule has 110 valence electrons. The molecule has 1 saturated heterocycles. The lowest BCUT2D eigenvalue weighted by atomic mass is 10.1. The third-order valence-electron chi connectivity index (χ3n) is 3.84. The predicted molar refractivity (Wildman–Crippen MR) is 80.1 cm³/mol. The molecule has 2 rings (SSSR count). The van der Waals surface area contributed by atoms with Crippen LogP contribution in [0.4, 0.5) is 0 Å². The van der Waals surface area contributed by atoms with Crippen LogP contribution in [0.5, 0.6) is 0 Å². The quantitative estimate of drug-likeness (QED) is 0.902. The van der Waals surface area contributed by atoms with Crippen LogP contribution >= 0.6 is 11.6 Å². The molecule has 0 spiro atoms. The normalized spacial score (nSPS) is 17.6. The maximum atomic E-state index is 12.4. The molecule has 0 unspecified atom stereocenters. The summed E-state index contributed by atoms with van der Waals surface area (Å²) in [4.78, 5) is 16.4. The van der Waals surface area contributed by atoms with Gasteiger partial charge in [0.2, 0.25) is 0 Å². The number of carbonyl (C=O) groups is 1. The molecule has 1 aliphatic rings. The van der Waals surface area contributed by atoms with Crippen molar-refractivity contribution < 1.29 is 9.90 Å². The summed E-state index contributed by atoms with van der Waals surface area (Å²) in [5, 5.41) is 9.95. The molecular weight excluding hydrogens is 276 g/mol. The molecule has 1 fully saturated rings. The number of aliphatic hydroxyl groups excluding tert-OH is 1. The van der Waals surface area contributed by atoms with Gasteiger partial charge in [0.1, 0.15) is 0 Å². The lowest BCUT2D eigenvalue weighted by Crippen LogP contribution is -2.55. The van der Waals surface area contributed by atoms with Gasteiger partial charge in [-0.05, 0) is 30.7 Å². The lowest BCUT2D eigenvalue weighted by Gasteiger charge is -2.40. The highest BCUT2D eigenvalue weighted by Crippen LogP contribution is 2.16. The molecule has 4 nitrogen and oxygen atoms in total. The summed E-state index contributed by atoms with van der Waals surface area (Å²) in [7, 11) is 1.83. The topological polar surface area (TPSA) is 43.8 Å². The predicted octanol–water partition coefficient (Wildman–Crippen LogP) is 1.87. The zero-order chi connectivity index (χ0) is 14.7. The number of β-amino-alcohol motifs (C(OH)–C–C–N with tert-alkyl or cyclic N) is 1. The van der Waals surface area contributed by atoms with E-state index in [1.807, 2.05) is 7.05 Å². The third kappa shape index (κ3) is 3.51. The van der Waals surface area contributed by atoms with Crippen molar-refractivity contribution in [3.63, 3.8) is 0 Å². The number of likely N-dealkylation sites (tertiary alicyclic amines) is 1. The van der Waals surface area contributed by atoms with Crippen LogP contribution in [0.2, 0.25) is 5.02 Å². The molecule has 1 amide bonds. The Balaban J connectivity index is 1.98. The fourth-order valence-corrected chi connectivity index (χ4v) is 2.60. The van der Waals surface area contributed by atoms with Crippen molar-refractivity contribution in [3.05, 3.63) is 34.9 Å².